The second-order valence-corrected chi connectivity index (χ2v) is 7.10. The summed E-state index contributed by atoms with van der Waals surface area (Å²) in [5.74, 6) is 0.462. The Morgan fingerprint density at radius 1 is 1.30 bits per heavy atom. The van der Waals surface area contributed by atoms with Crippen LogP contribution in [0, 0.1) is 0 Å². The van der Waals surface area contributed by atoms with Crippen LogP contribution in [0.15, 0.2) is 42.6 Å². The molecule has 0 bridgehead atoms. The minimum atomic E-state index is -0.517. The van der Waals surface area contributed by atoms with Crippen LogP contribution in [0.5, 0.6) is 5.75 Å². The van der Waals surface area contributed by atoms with Crippen molar-refractivity contribution in [2.75, 3.05) is 12.9 Å². The highest BCUT2D eigenvalue weighted by molar-refractivity contribution is 7.99. The summed E-state index contributed by atoms with van der Waals surface area (Å²) in [4.78, 5) is 26.5. The highest BCUT2D eigenvalue weighted by Gasteiger charge is 2.17. The predicted octanol–water partition coefficient (Wildman–Crippen LogP) is 2.30. The fraction of sp³-hybridized carbons (Fsp3) is 0.350. The van der Waals surface area contributed by atoms with Crippen LogP contribution in [-0.4, -0.2) is 40.5 Å². The lowest BCUT2D eigenvalue weighted by atomic mass is 10.1. The van der Waals surface area contributed by atoms with Crippen molar-refractivity contribution in [3.8, 4) is 5.75 Å². The van der Waals surface area contributed by atoms with Gasteiger partial charge < -0.3 is 9.84 Å². The van der Waals surface area contributed by atoms with E-state index in [4.69, 9.17) is 4.74 Å². The van der Waals surface area contributed by atoms with E-state index in [2.05, 4.69) is 10.3 Å². The van der Waals surface area contributed by atoms with Gasteiger partial charge in [-0.15, -0.1) is 0 Å². The molecule has 2 rings (SSSR count). The van der Waals surface area contributed by atoms with Crippen molar-refractivity contribution >= 4 is 24.1 Å². The quantitative estimate of drug-likeness (QED) is 0.607. The molecule has 1 aromatic carbocycles. The fourth-order valence-electron chi connectivity index (χ4n) is 2.47. The van der Waals surface area contributed by atoms with E-state index in [1.165, 1.54) is 11.8 Å². The Labute approximate surface area is 163 Å². The number of carbonyl (C=O) groups excluding carboxylic acids is 2. The number of rotatable bonds is 10. The minimum absolute atomic E-state index is 0.285. The number of aliphatic hydroxyl groups is 1. The van der Waals surface area contributed by atoms with Crippen molar-refractivity contribution in [3.63, 3.8) is 0 Å². The molecule has 0 aliphatic carbocycles. The highest BCUT2D eigenvalue weighted by atomic mass is 32.2. The van der Waals surface area contributed by atoms with Crippen molar-refractivity contribution in [2.45, 2.75) is 31.1 Å². The first-order valence-electron chi connectivity index (χ1n) is 8.65. The maximum Gasteiger partial charge on any atom is 0.239 e. The molecule has 6 nitrogen and oxygen atoms in total. The number of nitrogens with zero attached hydrogens (tertiary/aromatic N) is 1. The lowest BCUT2D eigenvalue weighted by molar-refractivity contribution is -0.124. The number of ether oxygens (including phenoxy) is 1. The molecule has 0 aliphatic rings. The van der Waals surface area contributed by atoms with Gasteiger partial charge in [-0.1, -0.05) is 18.2 Å². The molecular formula is C20H24N2O4S. The Hall–Kier alpha value is -2.38. The summed E-state index contributed by atoms with van der Waals surface area (Å²) in [6.45, 7) is 2.20. The summed E-state index contributed by atoms with van der Waals surface area (Å²) in [7, 11) is 0. The van der Waals surface area contributed by atoms with Gasteiger partial charge in [0.1, 0.15) is 5.75 Å². The minimum Gasteiger partial charge on any atom is -0.493 e. The zero-order valence-electron chi connectivity index (χ0n) is 15.4. The van der Waals surface area contributed by atoms with E-state index in [1.54, 1.807) is 13.1 Å². The number of carbonyl (C=O) groups is 2. The van der Waals surface area contributed by atoms with Gasteiger partial charge in [0.15, 0.2) is 0 Å². The van der Waals surface area contributed by atoms with E-state index in [1.807, 2.05) is 42.7 Å². The summed E-state index contributed by atoms with van der Waals surface area (Å²) in [6.07, 6.45) is 4.63. The van der Waals surface area contributed by atoms with Crippen LogP contribution in [0.2, 0.25) is 0 Å². The molecule has 0 saturated heterocycles. The van der Waals surface area contributed by atoms with E-state index in [-0.39, 0.29) is 11.2 Å². The summed E-state index contributed by atoms with van der Waals surface area (Å²) in [6, 6.07) is 11.3. The molecule has 144 valence electrons. The SMILES string of the molecule is CSC(Cc1ccc(OCCc2ccc(C(C)O)cn2)cc1)C(=O)NC=O. The summed E-state index contributed by atoms with van der Waals surface area (Å²) in [5.41, 5.74) is 2.69. The van der Waals surface area contributed by atoms with Crippen LogP contribution in [0.25, 0.3) is 0 Å². The van der Waals surface area contributed by atoms with Crippen LogP contribution in [-0.2, 0) is 22.4 Å². The van der Waals surface area contributed by atoms with E-state index < -0.39 is 6.10 Å². The molecular weight excluding hydrogens is 364 g/mol. The zero-order valence-corrected chi connectivity index (χ0v) is 16.2. The molecule has 1 heterocycles. The molecule has 2 atom stereocenters. The Morgan fingerprint density at radius 3 is 2.59 bits per heavy atom. The average Bonchev–Trinajstić information content (AvgIpc) is 2.67. The van der Waals surface area contributed by atoms with Gasteiger partial charge in [-0.2, -0.15) is 11.8 Å². The number of thioether (sulfide) groups is 1. The molecule has 0 aliphatic heterocycles. The first-order chi connectivity index (χ1) is 13.0. The van der Waals surface area contributed by atoms with Crippen molar-refractivity contribution in [1.29, 1.82) is 0 Å². The molecule has 2 unspecified atom stereocenters. The topological polar surface area (TPSA) is 88.5 Å². The Bertz CT molecular complexity index is 733. The Morgan fingerprint density at radius 2 is 2.04 bits per heavy atom. The number of imide groups is 1. The number of aliphatic hydroxyl groups excluding tert-OH is 1. The molecule has 7 heteroatoms. The van der Waals surface area contributed by atoms with Crippen molar-refractivity contribution in [1.82, 2.24) is 10.3 Å². The summed E-state index contributed by atoms with van der Waals surface area (Å²) >= 11 is 1.41. The van der Waals surface area contributed by atoms with Crippen molar-refractivity contribution in [3.05, 3.63) is 59.4 Å². The first kappa shape index (κ1) is 20.9. The van der Waals surface area contributed by atoms with E-state index in [9.17, 15) is 14.7 Å². The lowest BCUT2D eigenvalue weighted by Crippen LogP contribution is -2.32. The van der Waals surface area contributed by atoms with Gasteiger partial charge in [0.05, 0.1) is 18.0 Å². The van der Waals surface area contributed by atoms with Gasteiger partial charge in [-0.25, -0.2) is 0 Å². The second kappa shape index (κ2) is 10.7. The number of aromatic nitrogens is 1. The molecule has 2 aromatic rings. The van der Waals surface area contributed by atoms with Gasteiger partial charge in [-0.05, 0) is 48.9 Å². The third kappa shape index (κ3) is 6.69. The third-order valence-corrected chi connectivity index (χ3v) is 5.03. The maximum atomic E-state index is 11.8. The third-order valence-electron chi connectivity index (χ3n) is 4.08. The number of nitrogens with one attached hydrogen (secondary N) is 1. The van der Waals surface area contributed by atoms with Gasteiger partial charge >= 0.3 is 0 Å². The molecule has 0 radical (unpaired) electrons. The molecule has 2 amide bonds. The van der Waals surface area contributed by atoms with Crippen LogP contribution >= 0.6 is 11.8 Å². The van der Waals surface area contributed by atoms with Crippen molar-refractivity contribution in [2.24, 2.45) is 0 Å². The maximum absolute atomic E-state index is 11.8. The predicted molar refractivity (Wildman–Crippen MR) is 106 cm³/mol. The standard InChI is InChI=1S/C20H24N2O4S/c1-14(24)16-5-6-17(21-12-16)9-10-26-18-7-3-15(4-8-18)11-19(27-2)20(25)22-13-23/h3-8,12-14,19,24H,9-11H2,1-2H3,(H,22,23,25). The largest absolute Gasteiger partial charge is 0.493 e. The van der Waals surface area contributed by atoms with Crippen LogP contribution in [0.3, 0.4) is 0 Å². The van der Waals surface area contributed by atoms with Crippen molar-refractivity contribution < 1.29 is 19.4 Å². The lowest BCUT2D eigenvalue weighted by Gasteiger charge is -2.13. The van der Waals surface area contributed by atoms with Crippen LogP contribution < -0.4 is 10.1 Å². The molecule has 27 heavy (non-hydrogen) atoms. The smallest absolute Gasteiger partial charge is 0.239 e. The van der Waals surface area contributed by atoms with Crippen LogP contribution in [0.1, 0.15) is 29.8 Å². The molecule has 2 N–H and O–H groups in total. The van der Waals surface area contributed by atoms with E-state index in [0.717, 1.165) is 22.6 Å². The van der Waals surface area contributed by atoms with Crippen LogP contribution in [0.4, 0.5) is 0 Å². The second-order valence-electron chi connectivity index (χ2n) is 6.06. The average molecular weight is 388 g/mol. The van der Waals surface area contributed by atoms with E-state index in [0.29, 0.717) is 25.9 Å². The summed E-state index contributed by atoms with van der Waals surface area (Å²) < 4.78 is 5.74. The van der Waals surface area contributed by atoms with Gasteiger partial charge in [0, 0.05) is 18.3 Å². The fourth-order valence-corrected chi connectivity index (χ4v) is 3.12. The zero-order chi connectivity index (χ0) is 19.6. The molecule has 0 saturated carbocycles. The Balaban J connectivity index is 1.82. The van der Waals surface area contributed by atoms with Gasteiger partial charge in [-0.3, -0.25) is 19.9 Å². The monoisotopic (exact) mass is 388 g/mol. The van der Waals surface area contributed by atoms with Gasteiger partial charge in [0.25, 0.3) is 0 Å². The number of benzene rings is 1. The molecule has 1 aromatic heterocycles. The molecule has 0 spiro atoms. The normalized spacial score (nSPS) is 12.9. The summed E-state index contributed by atoms with van der Waals surface area (Å²) in [5, 5.41) is 11.4. The number of pyridine rings is 1. The number of amides is 2. The number of hydrogen-bond acceptors (Lipinski definition) is 6. The number of hydrogen-bond donors (Lipinski definition) is 2. The van der Waals surface area contributed by atoms with Gasteiger partial charge in [0.2, 0.25) is 12.3 Å². The Kier molecular flexibility index (Phi) is 8.29. The first-order valence-corrected chi connectivity index (χ1v) is 9.93. The van der Waals surface area contributed by atoms with E-state index >= 15 is 0 Å². The molecule has 0 fully saturated rings. The highest BCUT2D eigenvalue weighted by Crippen LogP contribution is 2.18.